The summed E-state index contributed by atoms with van der Waals surface area (Å²) in [7, 11) is 1.79. The quantitative estimate of drug-likeness (QED) is 0.439. The number of benzene rings is 1. The van der Waals surface area contributed by atoms with E-state index in [-0.39, 0.29) is 17.8 Å². The Labute approximate surface area is 180 Å². The minimum absolute atomic E-state index is 0.142. The normalized spacial score (nSPS) is 24.5. The summed E-state index contributed by atoms with van der Waals surface area (Å²) in [5.74, 6) is 1.01. The van der Waals surface area contributed by atoms with Gasteiger partial charge in [-0.3, -0.25) is 9.98 Å². The second-order valence-electron chi connectivity index (χ2n) is 8.00. The fourth-order valence-corrected chi connectivity index (χ4v) is 4.52. The Morgan fingerprint density at radius 2 is 2.00 bits per heavy atom. The molecular formula is C26H34FN3. The summed E-state index contributed by atoms with van der Waals surface area (Å²) in [6, 6.07) is 5.66. The molecule has 0 fully saturated rings. The molecule has 4 heteroatoms. The first-order chi connectivity index (χ1) is 14.6. The molecule has 2 unspecified atom stereocenters. The number of rotatable bonds is 1. The zero-order chi connectivity index (χ0) is 21.7. The van der Waals surface area contributed by atoms with Gasteiger partial charge in [-0.15, -0.1) is 0 Å². The second-order valence-corrected chi connectivity index (χ2v) is 8.00. The molecule has 0 saturated carbocycles. The van der Waals surface area contributed by atoms with Crippen molar-refractivity contribution in [3.8, 4) is 0 Å². The van der Waals surface area contributed by atoms with Crippen molar-refractivity contribution < 1.29 is 4.39 Å². The predicted molar refractivity (Wildman–Crippen MR) is 126 cm³/mol. The van der Waals surface area contributed by atoms with Crippen LogP contribution < -0.4 is 5.32 Å². The molecule has 3 aliphatic heterocycles. The van der Waals surface area contributed by atoms with Gasteiger partial charge in [-0.05, 0) is 73.3 Å². The van der Waals surface area contributed by atoms with E-state index >= 15 is 0 Å². The summed E-state index contributed by atoms with van der Waals surface area (Å²) in [5.41, 5.74) is 6.76. The van der Waals surface area contributed by atoms with Crippen LogP contribution in [0.15, 0.2) is 63.3 Å². The standard InChI is InChI=1S/C24H28FN3.C2H6/c1-15-13-19-5-4-6-21(25)24(19)23-12-11-22(28-23)18-9-7-17(8-10-18)20(15)14-27-16(2)26-3;1-2/h4-7,9,14-15,22H,8,10-13H2,1-3H3,(H,26,27);1-2H3/b20-14+;. The molecule has 1 aliphatic carbocycles. The van der Waals surface area contributed by atoms with Crippen LogP contribution in [-0.4, -0.2) is 24.6 Å². The maximum atomic E-state index is 14.8. The monoisotopic (exact) mass is 407 g/mol. The number of allylic oxidation sites excluding steroid dienone is 4. The highest BCUT2D eigenvalue weighted by Crippen LogP contribution is 2.37. The highest BCUT2D eigenvalue weighted by atomic mass is 19.1. The van der Waals surface area contributed by atoms with Gasteiger partial charge in [0, 0.05) is 24.5 Å². The molecule has 1 aromatic rings. The molecule has 1 N–H and O–H groups in total. The van der Waals surface area contributed by atoms with Crippen LogP contribution in [0.2, 0.25) is 0 Å². The summed E-state index contributed by atoms with van der Waals surface area (Å²) < 4.78 is 14.8. The number of nitrogens with one attached hydrogen (secondary N) is 1. The second kappa shape index (κ2) is 10.0. The Bertz CT molecular complexity index is 934. The molecule has 0 spiro atoms. The van der Waals surface area contributed by atoms with E-state index in [1.54, 1.807) is 13.1 Å². The van der Waals surface area contributed by atoms with Crippen LogP contribution in [-0.2, 0) is 6.42 Å². The van der Waals surface area contributed by atoms with Crippen LogP contribution in [0.5, 0.6) is 0 Å². The number of amidine groups is 1. The number of nitrogens with zero attached hydrogens (tertiary/aromatic N) is 2. The van der Waals surface area contributed by atoms with E-state index in [0.717, 1.165) is 54.8 Å². The van der Waals surface area contributed by atoms with Crippen molar-refractivity contribution in [1.29, 1.82) is 0 Å². The summed E-state index contributed by atoms with van der Waals surface area (Å²) >= 11 is 0. The van der Waals surface area contributed by atoms with Crippen LogP contribution in [0.25, 0.3) is 0 Å². The third kappa shape index (κ3) is 4.63. The number of hydrogen-bond acceptors (Lipinski definition) is 2. The number of aliphatic imine (C=N–C) groups is 2. The Balaban J connectivity index is 0.00000124. The van der Waals surface area contributed by atoms with E-state index < -0.39 is 0 Å². The molecule has 3 nitrogen and oxygen atoms in total. The van der Waals surface area contributed by atoms with Crippen LogP contribution in [0, 0.1) is 11.7 Å². The first-order valence-electron chi connectivity index (χ1n) is 11.2. The van der Waals surface area contributed by atoms with Gasteiger partial charge in [0.15, 0.2) is 0 Å². The van der Waals surface area contributed by atoms with E-state index in [4.69, 9.17) is 4.99 Å². The highest BCUT2D eigenvalue weighted by Gasteiger charge is 2.28. The molecule has 0 amide bonds. The molecule has 4 bridgehead atoms. The minimum atomic E-state index is -0.142. The van der Waals surface area contributed by atoms with E-state index in [9.17, 15) is 4.39 Å². The summed E-state index contributed by atoms with van der Waals surface area (Å²) in [6.45, 7) is 8.19. The Kier molecular flexibility index (Phi) is 7.41. The molecule has 160 valence electrons. The molecule has 5 rings (SSSR count). The number of halogens is 1. The van der Waals surface area contributed by atoms with Gasteiger partial charge in [-0.1, -0.05) is 45.1 Å². The van der Waals surface area contributed by atoms with Gasteiger partial charge >= 0.3 is 0 Å². The Morgan fingerprint density at radius 1 is 1.20 bits per heavy atom. The fraction of sp³-hybridized carbons (Fsp3) is 0.462. The lowest BCUT2D eigenvalue weighted by Crippen LogP contribution is -2.19. The van der Waals surface area contributed by atoms with Gasteiger partial charge < -0.3 is 5.32 Å². The number of fused-ring (bicyclic) bond motifs is 4. The van der Waals surface area contributed by atoms with E-state index in [1.807, 2.05) is 26.8 Å². The average Bonchev–Trinajstić information content (AvgIpc) is 3.25. The van der Waals surface area contributed by atoms with Crippen molar-refractivity contribution in [2.75, 3.05) is 7.05 Å². The summed E-state index contributed by atoms with van der Waals surface area (Å²) in [4.78, 5) is 9.15. The van der Waals surface area contributed by atoms with Crippen LogP contribution in [0.3, 0.4) is 0 Å². The molecule has 4 aliphatic rings. The molecule has 1 aromatic carbocycles. The number of hydrogen-bond donors (Lipinski definition) is 1. The van der Waals surface area contributed by atoms with Gasteiger partial charge in [0.2, 0.25) is 0 Å². The lowest BCUT2D eigenvalue weighted by Gasteiger charge is -2.25. The molecule has 0 saturated heterocycles. The molecule has 2 atom stereocenters. The van der Waals surface area contributed by atoms with Gasteiger partial charge in [-0.2, -0.15) is 0 Å². The van der Waals surface area contributed by atoms with Crippen molar-refractivity contribution in [2.45, 2.75) is 65.8 Å². The smallest absolute Gasteiger partial charge is 0.132 e. The SMILES string of the molecule is CC.CN=C(C)N/C=C1/C2=CC=C(CC2)C2CCC(=N2)c2c(F)cccc2CC1C. The largest absolute Gasteiger partial charge is 0.350 e. The summed E-state index contributed by atoms with van der Waals surface area (Å²) in [5, 5.41) is 3.32. The van der Waals surface area contributed by atoms with Crippen molar-refractivity contribution in [3.63, 3.8) is 0 Å². The fourth-order valence-electron chi connectivity index (χ4n) is 4.52. The van der Waals surface area contributed by atoms with Gasteiger partial charge in [0.05, 0.1) is 11.9 Å². The topological polar surface area (TPSA) is 36.8 Å². The third-order valence-corrected chi connectivity index (χ3v) is 6.16. The molecule has 0 radical (unpaired) electrons. The average molecular weight is 408 g/mol. The van der Waals surface area contributed by atoms with Crippen molar-refractivity contribution in [2.24, 2.45) is 15.9 Å². The predicted octanol–water partition coefficient (Wildman–Crippen LogP) is 6.16. The van der Waals surface area contributed by atoms with E-state index in [0.29, 0.717) is 0 Å². The highest BCUT2D eigenvalue weighted by molar-refractivity contribution is 6.03. The summed E-state index contributed by atoms with van der Waals surface area (Å²) in [6.07, 6.45) is 11.3. The maximum Gasteiger partial charge on any atom is 0.132 e. The van der Waals surface area contributed by atoms with Crippen molar-refractivity contribution in [3.05, 3.63) is 70.2 Å². The van der Waals surface area contributed by atoms with Gasteiger partial charge in [-0.25, -0.2) is 4.39 Å². The molecule has 30 heavy (non-hydrogen) atoms. The molecule has 3 heterocycles. The van der Waals surface area contributed by atoms with Crippen molar-refractivity contribution in [1.82, 2.24) is 5.32 Å². The van der Waals surface area contributed by atoms with Crippen molar-refractivity contribution >= 4 is 11.5 Å². The Hall–Kier alpha value is -2.49. The first kappa shape index (κ1) is 22.2. The van der Waals surface area contributed by atoms with E-state index in [1.165, 1.54) is 16.7 Å². The lowest BCUT2D eigenvalue weighted by molar-refractivity contribution is 0.614. The molecule has 0 aromatic heterocycles. The lowest BCUT2D eigenvalue weighted by atomic mass is 9.82. The van der Waals surface area contributed by atoms with Crippen LogP contribution in [0.1, 0.15) is 64.5 Å². The van der Waals surface area contributed by atoms with Gasteiger partial charge in [0.25, 0.3) is 0 Å². The maximum absolute atomic E-state index is 14.8. The Morgan fingerprint density at radius 3 is 2.70 bits per heavy atom. The third-order valence-electron chi connectivity index (χ3n) is 6.16. The van der Waals surface area contributed by atoms with Crippen LogP contribution >= 0.6 is 0 Å². The van der Waals surface area contributed by atoms with Crippen LogP contribution in [0.4, 0.5) is 4.39 Å². The zero-order valence-corrected chi connectivity index (χ0v) is 18.9. The van der Waals surface area contributed by atoms with E-state index in [2.05, 4.69) is 41.7 Å². The molecular weight excluding hydrogens is 373 g/mol. The zero-order valence-electron chi connectivity index (χ0n) is 18.9. The van der Waals surface area contributed by atoms with Gasteiger partial charge in [0.1, 0.15) is 5.82 Å². The minimum Gasteiger partial charge on any atom is -0.350 e. The first-order valence-corrected chi connectivity index (χ1v) is 11.2.